The Labute approximate surface area is 65.7 Å². The molecule has 2 atom stereocenters. The average Bonchev–Trinajstić information content (AvgIpc) is 2.47. The molecule has 0 N–H and O–H groups in total. The molecule has 0 radical (unpaired) electrons. The maximum absolute atomic E-state index is 11.2. The smallest absolute Gasteiger partial charge is 0.162 e. The fourth-order valence-corrected chi connectivity index (χ4v) is 1.96. The van der Waals surface area contributed by atoms with E-state index in [1.165, 1.54) is 0 Å². The van der Waals surface area contributed by atoms with E-state index in [1.807, 2.05) is 0 Å². The lowest BCUT2D eigenvalue weighted by Gasteiger charge is -2.01. The van der Waals surface area contributed by atoms with Crippen molar-refractivity contribution in [1.29, 1.82) is 0 Å². The minimum absolute atomic E-state index is 0.255. The number of ether oxygens (including phenoxy) is 2. The largest absolute Gasteiger partial charge is 0.381 e. The van der Waals surface area contributed by atoms with E-state index in [0.29, 0.717) is 11.8 Å². The number of rotatable bonds is 3. The molecule has 0 aromatic heterocycles. The molecule has 1 saturated heterocycles. The molecule has 62 valence electrons. The second-order valence-corrected chi connectivity index (χ2v) is 3.29. The maximum Gasteiger partial charge on any atom is 0.162 e. The van der Waals surface area contributed by atoms with Crippen LogP contribution in [0.3, 0.4) is 0 Å². The van der Waals surface area contributed by atoms with Crippen LogP contribution in [0.25, 0.3) is 0 Å². The summed E-state index contributed by atoms with van der Waals surface area (Å²) in [6, 6.07) is 0. The van der Waals surface area contributed by atoms with Crippen LogP contribution in [0.2, 0.25) is 0 Å². The molecule has 1 aliphatic heterocycles. The molecule has 0 spiro atoms. The van der Waals surface area contributed by atoms with Gasteiger partial charge in [0.05, 0.1) is 13.2 Å². The first-order valence-electron chi connectivity index (χ1n) is 3.94. The summed E-state index contributed by atoms with van der Waals surface area (Å²) in [7, 11) is 1.56. The first-order valence-corrected chi connectivity index (χ1v) is 3.94. The van der Waals surface area contributed by atoms with Crippen LogP contribution in [0.15, 0.2) is 0 Å². The summed E-state index contributed by atoms with van der Waals surface area (Å²) < 4.78 is 9.95. The molecule has 2 fully saturated rings. The highest BCUT2D eigenvalue weighted by Gasteiger charge is 2.57. The second kappa shape index (κ2) is 2.57. The van der Waals surface area contributed by atoms with E-state index in [4.69, 9.17) is 9.47 Å². The Morgan fingerprint density at radius 1 is 1.55 bits per heavy atom. The number of hydrogen-bond donors (Lipinski definition) is 0. The van der Waals surface area contributed by atoms with E-state index in [1.54, 1.807) is 7.11 Å². The zero-order valence-electron chi connectivity index (χ0n) is 6.58. The molecular formula is C8H12O3. The second-order valence-electron chi connectivity index (χ2n) is 3.29. The molecule has 2 unspecified atom stereocenters. The van der Waals surface area contributed by atoms with Crippen molar-refractivity contribution >= 4 is 5.78 Å². The van der Waals surface area contributed by atoms with Gasteiger partial charge in [0.25, 0.3) is 0 Å². The van der Waals surface area contributed by atoms with E-state index in [2.05, 4.69) is 0 Å². The van der Waals surface area contributed by atoms with Crippen molar-refractivity contribution in [1.82, 2.24) is 0 Å². The van der Waals surface area contributed by atoms with Crippen molar-refractivity contribution in [2.24, 2.45) is 17.8 Å². The van der Waals surface area contributed by atoms with E-state index in [0.717, 1.165) is 13.2 Å². The van der Waals surface area contributed by atoms with Gasteiger partial charge in [-0.3, -0.25) is 4.79 Å². The van der Waals surface area contributed by atoms with Crippen LogP contribution in [0.1, 0.15) is 0 Å². The molecule has 1 aliphatic carbocycles. The molecule has 0 amide bonds. The molecule has 3 nitrogen and oxygen atoms in total. The van der Waals surface area contributed by atoms with Crippen molar-refractivity contribution in [2.75, 3.05) is 26.9 Å². The van der Waals surface area contributed by atoms with Crippen LogP contribution >= 0.6 is 0 Å². The number of ketones is 1. The van der Waals surface area contributed by atoms with Gasteiger partial charge in [0.1, 0.15) is 6.61 Å². The number of fused-ring (bicyclic) bond motifs is 1. The van der Waals surface area contributed by atoms with Gasteiger partial charge in [0, 0.05) is 13.0 Å². The Balaban J connectivity index is 1.85. The molecule has 2 aliphatic rings. The quantitative estimate of drug-likeness (QED) is 0.581. The van der Waals surface area contributed by atoms with Gasteiger partial charge in [-0.15, -0.1) is 0 Å². The van der Waals surface area contributed by atoms with Gasteiger partial charge in [-0.1, -0.05) is 0 Å². The summed E-state index contributed by atoms with van der Waals surface area (Å²) >= 11 is 0. The Hall–Kier alpha value is -0.410. The van der Waals surface area contributed by atoms with Crippen LogP contribution in [0.5, 0.6) is 0 Å². The summed E-state index contributed by atoms with van der Waals surface area (Å²) in [5, 5.41) is 0. The van der Waals surface area contributed by atoms with Crippen molar-refractivity contribution in [3.05, 3.63) is 0 Å². The van der Waals surface area contributed by atoms with Crippen molar-refractivity contribution in [2.45, 2.75) is 0 Å². The minimum Gasteiger partial charge on any atom is -0.381 e. The summed E-state index contributed by atoms with van der Waals surface area (Å²) in [6.07, 6.45) is 0. The van der Waals surface area contributed by atoms with E-state index in [-0.39, 0.29) is 18.3 Å². The van der Waals surface area contributed by atoms with Crippen LogP contribution in [-0.4, -0.2) is 32.7 Å². The Bertz CT molecular complexity index is 168. The topological polar surface area (TPSA) is 35.5 Å². The molecular weight excluding hydrogens is 144 g/mol. The summed E-state index contributed by atoms with van der Waals surface area (Å²) in [5.41, 5.74) is 0. The minimum atomic E-state index is 0.255. The monoisotopic (exact) mass is 156 g/mol. The molecule has 1 heterocycles. The summed E-state index contributed by atoms with van der Waals surface area (Å²) in [6.45, 7) is 1.84. The molecule has 11 heavy (non-hydrogen) atoms. The van der Waals surface area contributed by atoms with Crippen molar-refractivity contribution in [3.8, 4) is 0 Å². The highest BCUT2D eigenvalue weighted by Crippen LogP contribution is 2.51. The fourth-order valence-electron chi connectivity index (χ4n) is 1.96. The number of carbonyl (C=O) groups is 1. The molecule has 0 bridgehead atoms. The SMILES string of the molecule is COCC(=O)C1C2COCC21. The Morgan fingerprint density at radius 3 is 2.73 bits per heavy atom. The third kappa shape index (κ3) is 1.08. The zero-order chi connectivity index (χ0) is 7.84. The highest BCUT2D eigenvalue weighted by atomic mass is 16.5. The van der Waals surface area contributed by atoms with Gasteiger partial charge < -0.3 is 9.47 Å². The summed E-state index contributed by atoms with van der Waals surface area (Å²) in [4.78, 5) is 11.2. The number of methoxy groups -OCH3 is 1. The number of carbonyl (C=O) groups excluding carboxylic acids is 1. The van der Waals surface area contributed by atoms with Gasteiger partial charge in [-0.05, 0) is 11.8 Å². The summed E-state index contributed by atoms with van der Waals surface area (Å²) in [5.74, 6) is 1.57. The predicted molar refractivity (Wildman–Crippen MR) is 38.2 cm³/mol. The van der Waals surface area contributed by atoms with Gasteiger partial charge in [0.2, 0.25) is 0 Å². The van der Waals surface area contributed by atoms with Gasteiger partial charge in [-0.25, -0.2) is 0 Å². The van der Waals surface area contributed by atoms with Crippen LogP contribution < -0.4 is 0 Å². The average molecular weight is 156 g/mol. The lowest BCUT2D eigenvalue weighted by atomic mass is 10.2. The fraction of sp³-hybridized carbons (Fsp3) is 0.875. The third-order valence-electron chi connectivity index (χ3n) is 2.61. The normalized spacial score (nSPS) is 40.3. The first-order chi connectivity index (χ1) is 5.34. The molecule has 0 aromatic carbocycles. The van der Waals surface area contributed by atoms with Crippen molar-refractivity contribution < 1.29 is 14.3 Å². The number of hydrogen-bond acceptors (Lipinski definition) is 3. The number of Topliss-reactive ketones (excluding diaryl/α,β-unsaturated/α-hetero) is 1. The van der Waals surface area contributed by atoms with Gasteiger partial charge in [0.15, 0.2) is 5.78 Å². The molecule has 1 saturated carbocycles. The molecule has 3 heteroatoms. The zero-order valence-corrected chi connectivity index (χ0v) is 6.58. The van der Waals surface area contributed by atoms with Gasteiger partial charge in [-0.2, -0.15) is 0 Å². The van der Waals surface area contributed by atoms with Crippen LogP contribution in [0, 0.1) is 17.8 Å². The Morgan fingerprint density at radius 2 is 2.18 bits per heavy atom. The van der Waals surface area contributed by atoms with E-state index < -0.39 is 0 Å². The van der Waals surface area contributed by atoms with E-state index >= 15 is 0 Å². The molecule has 0 aromatic rings. The highest BCUT2D eigenvalue weighted by molar-refractivity contribution is 5.85. The lowest BCUT2D eigenvalue weighted by molar-refractivity contribution is -0.125. The third-order valence-corrected chi connectivity index (χ3v) is 2.61. The molecule has 2 rings (SSSR count). The van der Waals surface area contributed by atoms with Crippen LogP contribution in [-0.2, 0) is 14.3 Å². The first kappa shape index (κ1) is 7.25. The van der Waals surface area contributed by atoms with E-state index in [9.17, 15) is 4.79 Å². The van der Waals surface area contributed by atoms with Crippen molar-refractivity contribution in [3.63, 3.8) is 0 Å². The standard InChI is InChI=1S/C8H12O3/c1-10-4-7(9)8-5-2-11-3-6(5)8/h5-6,8H,2-4H2,1H3. The lowest BCUT2D eigenvalue weighted by Crippen LogP contribution is -2.14. The van der Waals surface area contributed by atoms with Gasteiger partial charge >= 0.3 is 0 Å². The Kier molecular flexibility index (Phi) is 1.69. The predicted octanol–water partition coefficient (Wildman–Crippen LogP) is 0.0943. The van der Waals surface area contributed by atoms with Crippen LogP contribution in [0.4, 0.5) is 0 Å². The maximum atomic E-state index is 11.2.